The first kappa shape index (κ1) is 31.6. The van der Waals surface area contributed by atoms with Crippen LogP contribution in [0.4, 0.5) is 13.2 Å². The minimum Gasteiger partial charge on any atom is -0.358 e. The van der Waals surface area contributed by atoms with E-state index in [9.17, 15) is 23.1 Å². The van der Waals surface area contributed by atoms with Gasteiger partial charge in [-0.1, -0.05) is 42.0 Å². The van der Waals surface area contributed by atoms with E-state index in [4.69, 9.17) is 8.28 Å². The summed E-state index contributed by atoms with van der Waals surface area (Å²) in [6.45, 7) is 0.282. The molecule has 0 aliphatic heterocycles. The minimum absolute atomic E-state index is 0. The Kier molecular flexibility index (Phi) is 11.8. The number of phenolic OH excluding ortho intramolecular Hbond substituents is 1. The van der Waals surface area contributed by atoms with Crippen LogP contribution < -0.4 is 5.32 Å². The second kappa shape index (κ2) is 14.5. The van der Waals surface area contributed by atoms with Gasteiger partial charge in [0, 0.05) is 12.8 Å². The van der Waals surface area contributed by atoms with Crippen LogP contribution in [-0.4, -0.2) is 40.8 Å². The van der Waals surface area contributed by atoms with Crippen molar-refractivity contribution < 1.29 is 48.3 Å². The molecule has 1 heterocycles. The number of nitrogens with one attached hydrogen (secondary N) is 1. The predicted octanol–water partition coefficient (Wildman–Crippen LogP) is 5.71. The van der Waals surface area contributed by atoms with Gasteiger partial charge in [0.2, 0.25) is 5.91 Å². The number of benzene rings is 3. The number of alkyl halides is 3. The molecule has 0 saturated carbocycles. The smallest absolute Gasteiger partial charge is 0.358 e. The van der Waals surface area contributed by atoms with E-state index in [0.717, 1.165) is 17.7 Å². The zero-order valence-corrected chi connectivity index (χ0v) is 23.8. The Hall–Kier alpha value is -3.60. The molecule has 4 aromatic rings. The van der Waals surface area contributed by atoms with Crippen LogP contribution in [0.3, 0.4) is 0 Å². The molecule has 6 nitrogen and oxygen atoms in total. The maximum absolute atomic E-state index is 13.1. The number of phenols is 1. The largest absolute Gasteiger partial charge is 0.358 e. The topological polar surface area (TPSA) is 88.5 Å². The molecule has 0 aliphatic rings. The molecule has 0 radical (unpaired) electrons. The summed E-state index contributed by atoms with van der Waals surface area (Å²) in [5.41, 5.74) is 1.88. The van der Waals surface area contributed by atoms with Gasteiger partial charge in [0.15, 0.2) is 0 Å². The summed E-state index contributed by atoms with van der Waals surface area (Å²) in [6.07, 6.45) is -3.93. The first-order chi connectivity index (χ1) is 18.1. The van der Waals surface area contributed by atoms with E-state index in [1.54, 1.807) is 55.6 Å². The molecule has 39 heavy (non-hydrogen) atoms. The van der Waals surface area contributed by atoms with Crippen molar-refractivity contribution in [2.24, 2.45) is 0 Å². The Labute approximate surface area is 232 Å². The average Bonchev–Trinajstić information content (AvgIpc) is 2.89. The van der Waals surface area contributed by atoms with Crippen molar-refractivity contribution in [2.75, 3.05) is 13.7 Å². The van der Waals surface area contributed by atoms with Crippen LogP contribution in [0.15, 0.2) is 72.8 Å². The van der Waals surface area contributed by atoms with Crippen molar-refractivity contribution in [3.8, 4) is 16.9 Å². The molecular formula is C29H27F3N2O4Os. The maximum atomic E-state index is 13.1. The van der Waals surface area contributed by atoms with Crippen LogP contribution in [0.1, 0.15) is 21.6 Å². The predicted molar refractivity (Wildman–Crippen MR) is 140 cm³/mol. The molecule has 1 atom stereocenters. The number of ether oxygens (including phenoxy) is 1. The number of carbonyl (C=O) groups is 1. The number of hydrogen-bond acceptors (Lipinski definition) is 5. The van der Waals surface area contributed by atoms with E-state index in [1.165, 1.54) is 12.1 Å². The number of methoxy groups -OCH3 is 1. The summed E-state index contributed by atoms with van der Waals surface area (Å²) < 4.78 is 53.4. The van der Waals surface area contributed by atoms with Crippen LogP contribution in [0.25, 0.3) is 22.0 Å². The summed E-state index contributed by atoms with van der Waals surface area (Å²) in [5, 5.41) is 16.0. The Morgan fingerprint density at radius 1 is 1.13 bits per heavy atom. The molecule has 10 heteroatoms. The standard InChI is InChI=1S/C27H22F3N2O3.CH3.CH2.O.Os/c1-35-16-22(13-17-5-9-23(33)10-6-17)31-26(34)25-12-8-20-14-19(7-11-24(20)32-25)18-3-2-4-21(15-18)27(28,29)30;;;;/h2-7,9-12,14-15,22,33H,13,16H2,1H3,(H,31,34);1H3;1H2;;/q2*-1;;;+2/t22-;;;;/m0..../s1. The number of rotatable bonds is 7. The Bertz CT molecular complexity index is 1440. The molecule has 0 saturated heterocycles. The van der Waals surface area contributed by atoms with Crippen LogP contribution in [0, 0.1) is 13.5 Å². The molecule has 0 bridgehead atoms. The van der Waals surface area contributed by atoms with Gasteiger partial charge >= 0.3 is 31.7 Å². The number of hydrogen-bond donors (Lipinski definition) is 2. The molecule has 4 rings (SSSR count). The molecule has 0 unspecified atom stereocenters. The molecule has 2 N–H and O–H groups in total. The number of fused-ring (bicyclic) bond motifs is 1. The van der Waals surface area contributed by atoms with Gasteiger partial charge in [0.05, 0.1) is 18.2 Å². The normalized spacial score (nSPS) is 11.5. The van der Waals surface area contributed by atoms with Crippen LogP contribution in [-0.2, 0) is 37.8 Å². The van der Waals surface area contributed by atoms with Crippen molar-refractivity contribution in [1.82, 2.24) is 10.3 Å². The Morgan fingerprint density at radius 2 is 1.79 bits per heavy atom. The quantitative estimate of drug-likeness (QED) is 0.240. The Balaban J connectivity index is 0.00000127. The van der Waals surface area contributed by atoms with Gasteiger partial charge in [-0.2, -0.15) is 13.2 Å². The molecule has 1 amide bonds. The van der Waals surface area contributed by atoms with Crippen LogP contribution in [0.2, 0.25) is 0 Å². The summed E-state index contributed by atoms with van der Waals surface area (Å²) in [6, 6.07) is 21.0. The molecule has 206 valence electrons. The van der Waals surface area contributed by atoms with E-state index in [2.05, 4.69) is 21.4 Å². The summed E-state index contributed by atoms with van der Waals surface area (Å²) >= 11 is -1.08. The molecule has 0 spiro atoms. The van der Waals surface area contributed by atoms with Gasteiger partial charge < -0.3 is 27.6 Å². The van der Waals surface area contributed by atoms with E-state index in [-0.39, 0.29) is 31.5 Å². The van der Waals surface area contributed by atoms with Gasteiger partial charge in [0.1, 0.15) is 5.75 Å². The average molecular weight is 715 g/mol. The third kappa shape index (κ3) is 8.98. The Morgan fingerprint density at radius 3 is 2.44 bits per heavy atom. The van der Waals surface area contributed by atoms with E-state index < -0.39 is 34.6 Å². The number of halogens is 3. The van der Waals surface area contributed by atoms with E-state index in [1.807, 2.05) is 0 Å². The van der Waals surface area contributed by atoms with Gasteiger partial charge in [-0.05, 0) is 47.3 Å². The molecule has 0 fully saturated rings. The van der Waals surface area contributed by atoms with Gasteiger partial charge in [0.25, 0.3) is 0 Å². The van der Waals surface area contributed by atoms with Crippen LogP contribution >= 0.6 is 0 Å². The number of pyridine rings is 1. The number of aromatic hydroxyl groups is 1. The fraction of sp³-hybridized carbons (Fsp3) is 0.172. The van der Waals surface area contributed by atoms with Crippen molar-refractivity contribution in [1.29, 1.82) is 0 Å². The zero-order chi connectivity index (χ0) is 27.7. The second-order valence-corrected chi connectivity index (χ2v) is 8.93. The number of carbonyl (C=O) groups excluding carboxylic acids is 1. The summed E-state index contributed by atoms with van der Waals surface area (Å²) in [7, 11) is 1.54. The van der Waals surface area contributed by atoms with Gasteiger partial charge in [-0.15, -0.1) is 23.6 Å². The second-order valence-electron chi connectivity index (χ2n) is 8.19. The van der Waals surface area contributed by atoms with Crippen LogP contribution in [0.5, 0.6) is 5.75 Å². The zero-order valence-electron chi connectivity index (χ0n) is 21.2. The van der Waals surface area contributed by atoms with Crippen molar-refractivity contribution in [3.63, 3.8) is 0 Å². The number of nitrogens with zero attached hydrogens (tertiary/aromatic N) is 1. The first-order valence-corrected chi connectivity index (χ1v) is 14.0. The van der Waals surface area contributed by atoms with Gasteiger partial charge in [-0.25, -0.2) is 0 Å². The summed E-state index contributed by atoms with van der Waals surface area (Å²) in [5.74, 6) is -0.237. The minimum atomic E-state index is -4.42. The van der Waals surface area contributed by atoms with E-state index >= 15 is 0 Å². The first-order valence-electron chi connectivity index (χ1n) is 11.2. The van der Waals surface area contributed by atoms with Gasteiger partial charge in [-0.3, -0.25) is 4.79 Å². The van der Waals surface area contributed by atoms with Crippen molar-refractivity contribution in [2.45, 2.75) is 18.6 Å². The number of aromatic nitrogens is 1. The SMILES string of the molecule is COC[C@H](Cc1ccc(O)cc1)NC(=O)c1c[c-]c2cc(-c3cccc(C(F)(F)F)c3)ccc2n1.[CH2]=[Os+2]=[O].[CH3-]. The van der Waals surface area contributed by atoms with Crippen molar-refractivity contribution in [3.05, 3.63) is 103 Å². The molecule has 3 aromatic carbocycles. The maximum Gasteiger partial charge on any atom is -0.358 e. The summed E-state index contributed by atoms with van der Waals surface area (Å²) in [4.78, 5) is 17.2. The molecule has 0 aliphatic carbocycles. The molecular weight excluding hydrogens is 688 g/mol. The third-order valence-corrected chi connectivity index (χ3v) is 5.48. The fourth-order valence-electron chi connectivity index (χ4n) is 3.76. The van der Waals surface area contributed by atoms with Crippen molar-refractivity contribution >= 4 is 21.9 Å². The van der Waals surface area contributed by atoms with E-state index in [0.29, 0.717) is 28.5 Å². The molecule has 1 aromatic heterocycles. The number of amides is 1. The monoisotopic (exact) mass is 716 g/mol. The third-order valence-electron chi connectivity index (χ3n) is 5.48. The fourth-order valence-corrected chi connectivity index (χ4v) is 3.76.